The molecule has 0 bridgehead atoms. The average Bonchev–Trinajstić information content (AvgIpc) is 2.75. The molecule has 0 unspecified atom stereocenters. The molecule has 1 aliphatic heterocycles. The SMILES string of the molecule is Nc1ncnc2c1ncn2[C@H]1CCCNC1. The molecule has 0 aliphatic carbocycles. The van der Waals surface area contributed by atoms with Gasteiger partial charge in [0.05, 0.1) is 6.33 Å². The van der Waals surface area contributed by atoms with Crippen LogP contribution in [0, 0.1) is 0 Å². The van der Waals surface area contributed by atoms with Gasteiger partial charge in [-0.25, -0.2) is 15.0 Å². The lowest BCUT2D eigenvalue weighted by molar-refractivity contribution is 0.376. The van der Waals surface area contributed by atoms with Crippen LogP contribution in [0.5, 0.6) is 0 Å². The molecule has 3 rings (SSSR count). The molecule has 1 atom stereocenters. The van der Waals surface area contributed by atoms with Gasteiger partial charge in [-0.05, 0) is 19.4 Å². The Labute approximate surface area is 92.9 Å². The Balaban J connectivity index is 2.06. The zero-order valence-corrected chi connectivity index (χ0v) is 8.93. The summed E-state index contributed by atoms with van der Waals surface area (Å²) >= 11 is 0. The highest BCUT2D eigenvalue weighted by Gasteiger charge is 2.18. The number of nitrogens with one attached hydrogen (secondary N) is 1. The fourth-order valence-corrected chi connectivity index (χ4v) is 2.21. The maximum Gasteiger partial charge on any atom is 0.165 e. The van der Waals surface area contributed by atoms with Gasteiger partial charge in [-0.2, -0.15) is 0 Å². The van der Waals surface area contributed by atoms with E-state index in [2.05, 4.69) is 24.8 Å². The van der Waals surface area contributed by atoms with Crippen molar-refractivity contribution in [2.24, 2.45) is 0 Å². The number of anilines is 1. The number of hydrogen-bond acceptors (Lipinski definition) is 5. The Bertz CT molecular complexity index is 499. The van der Waals surface area contributed by atoms with Crippen LogP contribution in [0.3, 0.4) is 0 Å². The first kappa shape index (κ1) is 9.53. The van der Waals surface area contributed by atoms with Crippen LogP contribution in [-0.2, 0) is 0 Å². The molecule has 3 N–H and O–H groups in total. The monoisotopic (exact) mass is 218 g/mol. The third-order valence-corrected chi connectivity index (χ3v) is 3.05. The first-order chi connectivity index (χ1) is 7.86. The highest BCUT2D eigenvalue weighted by Crippen LogP contribution is 2.22. The molecule has 2 aromatic heterocycles. The largest absolute Gasteiger partial charge is 0.382 e. The van der Waals surface area contributed by atoms with Crippen molar-refractivity contribution >= 4 is 17.0 Å². The van der Waals surface area contributed by atoms with E-state index in [1.807, 2.05) is 6.33 Å². The van der Waals surface area contributed by atoms with Crippen LogP contribution in [-0.4, -0.2) is 32.6 Å². The summed E-state index contributed by atoms with van der Waals surface area (Å²) in [5, 5.41) is 3.38. The first-order valence-electron chi connectivity index (χ1n) is 5.50. The second-order valence-electron chi connectivity index (χ2n) is 4.08. The van der Waals surface area contributed by atoms with Crippen LogP contribution in [0.1, 0.15) is 18.9 Å². The fourth-order valence-electron chi connectivity index (χ4n) is 2.21. The Hall–Kier alpha value is -1.69. The second-order valence-corrected chi connectivity index (χ2v) is 4.08. The van der Waals surface area contributed by atoms with Crippen molar-refractivity contribution in [3.05, 3.63) is 12.7 Å². The summed E-state index contributed by atoms with van der Waals surface area (Å²) in [4.78, 5) is 12.5. The van der Waals surface area contributed by atoms with E-state index in [-0.39, 0.29) is 0 Å². The average molecular weight is 218 g/mol. The van der Waals surface area contributed by atoms with Crippen LogP contribution in [0.15, 0.2) is 12.7 Å². The number of aromatic nitrogens is 4. The zero-order valence-electron chi connectivity index (χ0n) is 8.93. The minimum absolute atomic E-state index is 0.424. The fraction of sp³-hybridized carbons (Fsp3) is 0.500. The summed E-state index contributed by atoms with van der Waals surface area (Å²) in [6, 6.07) is 0.424. The van der Waals surface area contributed by atoms with Crippen LogP contribution < -0.4 is 11.1 Å². The number of nitrogens with zero attached hydrogens (tertiary/aromatic N) is 4. The van der Waals surface area contributed by atoms with E-state index >= 15 is 0 Å². The highest BCUT2D eigenvalue weighted by molar-refractivity contribution is 5.81. The van der Waals surface area contributed by atoms with Crippen molar-refractivity contribution in [1.29, 1.82) is 0 Å². The van der Waals surface area contributed by atoms with Gasteiger partial charge in [0, 0.05) is 12.6 Å². The molecule has 0 spiro atoms. The van der Waals surface area contributed by atoms with Crippen LogP contribution in [0.2, 0.25) is 0 Å². The molecule has 2 aromatic rings. The summed E-state index contributed by atoms with van der Waals surface area (Å²) in [5.74, 6) is 0.451. The number of rotatable bonds is 1. The van der Waals surface area contributed by atoms with Crippen LogP contribution in [0.25, 0.3) is 11.2 Å². The van der Waals surface area contributed by atoms with Crippen LogP contribution >= 0.6 is 0 Å². The predicted octanol–water partition coefficient (Wildman–Crippen LogP) is 0.333. The van der Waals surface area contributed by atoms with E-state index in [1.54, 1.807) is 0 Å². The Morgan fingerprint density at radius 3 is 3.12 bits per heavy atom. The van der Waals surface area contributed by atoms with Gasteiger partial charge in [-0.3, -0.25) is 0 Å². The quantitative estimate of drug-likeness (QED) is 0.721. The standard InChI is InChI=1S/C10H14N6/c11-9-8-10(14-5-13-9)16(6-15-8)7-2-1-3-12-4-7/h5-7,12H,1-4H2,(H2,11,13,14)/t7-/m0/s1. The molecule has 0 radical (unpaired) electrons. The molecule has 6 heteroatoms. The minimum atomic E-state index is 0.424. The van der Waals surface area contributed by atoms with Gasteiger partial charge in [0.15, 0.2) is 11.5 Å². The number of piperidine rings is 1. The van der Waals surface area contributed by atoms with Gasteiger partial charge in [-0.15, -0.1) is 0 Å². The molecule has 84 valence electrons. The summed E-state index contributed by atoms with van der Waals surface area (Å²) < 4.78 is 2.10. The second kappa shape index (κ2) is 3.71. The molecular formula is C10H14N6. The maximum atomic E-state index is 5.76. The molecule has 3 heterocycles. The van der Waals surface area contributed by atoms with E-state index in [9.17, 15) is 0 Å². The number of hydrogen-bond donors (Lipinski definition) is 2. The van der Waals surface area contributed by atoms with Crippen molar-refractivity contribution in [1.82, 2.24) is 24.8 Å². The van der Waals surface area contributed by atoms with E-state index in [0.29, 0.717) is 17.4 Å². The van der Waals surface area contributed by atoms with E-state index in [0.717, 1.165) is 25.2 Å². The zero-order chi connectivity index (χ0) is 11.0. The van der Waals surface area contributed by atoms with Crippen LogP contribution in [0.4, 0.5) is 5.82 Å². The van der Waals surface area contributed by atoms with Gasteiger partial charge in [0.25, 0.3) is 0 Å². The van der Waals surface area contributed by atoms with E-state index < -0.39 is 0 Å². The van der Waals surface area contributed by atoms with E-state index in [4.69, 9.17) is 5.73 Å². The third-order valence-electron chi connectivity index (χ3n) is 3.05. The lowest BCUT2D eigenvalue weighted by Gasteiger charge is -2.24. The number of imidazole rings is 1. The molecule has 6 nitrogen and oxygen atoms in total. The molecule has 0 amide bonds. The first-order valence-corrected chi connectivity index (χ1v) is 5.50. The summed E-state index contributed by atoms with van der Waals surface area (Å²) in [6.07, 6.45) is 5.65. The Kier molecular flexibility index (Phi) is 2.21. The molecule has 16 heavy (non-hydrogen) atoms. The third kappa shape index (κ3) is 1.42. The van der Waals surface area contributed by atoms with Crippen molar-refractivity contribution in [3.63, 3.8) is 0 Å². The molecule has 1 fully saturated rings. The smallest absolute Gasteiger partial charge is 0.165 e. The lowest BCUT2D eigenvalue weighted by atomic mass is 10.1. The van der Waals surface area contributed by atoms with Crippen molar-refractivity contribution in [2.45, 2.75) is 18.9 Å². The van der Waals surface area contributed by atoms with Crippen molar-refractivity contribution in [3.8, 4) is 0 Å². The lowest BCUT2D eigenvalue weighted by Crippen LogP contribution is -2.31. The summed E-state index contributed by atoms with van der Waals surface area (Å²) in [7, 11) is 0. The molecule has 1 aliphatic rings. The van der Waals surface area contributed by atoms with Gasteiger partial charge in [-0.1, -0.05) is 0 Å². The molecule has 1 saturated heterocycles. The highest BCUT2D eigenvalue weighted by atomic mass is 15.2. The molecule has 0 saturated carbocycles. The number of nitrogens with two attached hydrogens (primary N) is 1. The van der Waals surface area contributed by atoms with Crippen molar-refractivity contribution in [2.75, 3.05) is 18.8 Å². The summed E-state index contributed by atoms with van der Waals surface area (Å²) in [6.45, 7) is 2.07. The Morgan fingerprint density at radius 1 is 1.38 bits per heavy atom. The van der Waals surface area contributed by atoms with Crippen molar-refractivity contribution < 1.29 is 0 Å². The number of nitrogen functional groups attached to an aromatic ring is 1. The summed E-state index contributed by atoms with van der Waals surface area (Å²) in [5.41, 5.74) is 7.29. The number of fused-ring (bicyclic) bond motifs is 1. The van der Waals surface area contributed by atoms with Gasteiger partial charge in [0.1, 0.15) is 11.8 Å². The van der Waals surface area contributed by atoms with Gasteiger partial charge >= 0.3 is 0 Å². The molecular weight excluding hydrogens is 204 g/mol. The molecule has 0 aromatic carbocycles. The minimum Gasteiger partial charge on any atom is -0.382 e. The predicted molar refractivity (Wildman–Crippen MR) is 60.9 cm³/mol. The topological polar surface area (TPSA) is 81.7 Å². The maximum absolute atomic E-state index is 5.76. The van der Waals surface area contributed by atoms with Gasteiger partial charge < -0.3 is 15.6 Å². The van der Waals surface area contributed by atoms with E-state index in [1.165, 1.54) is 12.7 Å². The van der Waals surface area contributed by atoms with Gasteiger partial charge in [0.2, 0.25) is 0 Å². The Morgan fingerprint density at radius 2 is 2.31 bits per heavy atom. The normalized spacial score (nSPS) is 21.4.